The van der Waals surface area contributed by atoms with Gasteiger partial charge in [-0.2, -0.15) is 0 Å². The molecule has 358 valence electrons. The largest absolute Gasteiger partial charge is 1.00 e. The molecule has 0 aliphatic rings. The number of benzene rings is 1. The van der Waals surface area contributed by atoms with Crippen molar-refractivity contribution in [3.63, 3.8) is 0 Å². The Balaban J connectivity index is 0.0000384. The summed E-state index contributed by atoms with van der Waals surface area (Å²) >= 11 is 0. The SMILES string of the molecule is CCC/C=C/CCCCCCCCCCCCCCCCCCOC(=O)c1cccc(S(=O)(=O)[O-])c1C(=O)OCCCCCCCCCCCCCCCCCC/C=C/CCC.[Na+]. The quantitative estimate of drug-likeness (QED) is 0.0211. The zero-order chi connectivity index (χ0) is 45.0. The smallest absolute Gasteiger partial charge is 0.744 e. The van der Waals surface area contributed by atoms with Crippen LogP contribution in [0.2, 0.25) is 0 Å². The van der Waals surface area contributed by atoms with Crippen molar-refractivity contribution in [2.24, 2.45) is 0 Å². The van der Waals surface area contributed by atoms with E-state index in [9.17, 15) is 22.6 Å². The van der Waals surface area contributed by atoms with E-state index in [4.69, 9.17) is 9.47 Å². The van der Waals surface area contributed by atoms with E-state index >= 15 is 0 Å². The van der Waals surface area contributed by atoms with Crippen molar-refractivity contribution in [1.29, 1.82) is 0 Å². The minimum absolute atomic E-state index is 0. The molecule has 0 saturated carbocycles. The fourth-order valence-electron chi connectivity index (χ4n) is 8.08. The van der Waals surface area contributed by atoms with Gasteiger partial charge < -0.3 is 14.0 Å². The zero-order valence-electron chi connectivity index (χ0n) is 41.1. The number of hydrogen-bond acceptors (Lipinski definition) is 7. The number of ether oxygens (including phenoxy) is 2. The van der Waals surface area contributed by atoms with Gasteiger partial charge in [-0.15, -0.1) is 0 Å². The Morgan fingerprint density at radius 2 is 0.730 bits per heavy atom. The van der Waals surface area contributed by atoms with Gasteiger partial charge in [0.05, 0.1) is 29.2 Å². The molecule has 0 aromatic heterocycles. The van der Waals surface area contributed by atoms with Crippen molar-refractivity contribution in [3.8, 4) is 0 Å². The van der Waals surface area contributed by atoms with E-state index in [-0.39, 0.29) is 48.3 Å². The van der Waals surface area contributed by atoms with Crippen LogP contribution in [0.25, 0.3) is 0 Å². The van der Waals surface area contributed by atoms with E-state index in [1.807, 2.05) is 0 Å². The summed E-state index contributed by atoms with van der Waals surface area (Å²) in [6, 6.07) is 3.65. The van der Waals surface area contributed by atoms with Crippen molar-refractivity contribution < 1.29 is 61.6 Å². The van der Waals surface area contributed by atoms with Gasteiger partial charge in [0.15, 0.2) is 0 Å². The van der Waals surface area contributed by atoms with Crippen LogP contribution in [0.4, 0.5) is 0 Å². The Hall–Kier alpha value is -1.45. The Bertz CT molecular complexity index is 1380. The minimum Gasteiger partial charge on any atom is -0.744 e. The van der Waals surface area contributed by atoms with Crippen LogP contribution < -0.4 is 29.6 Å². The third-order valence-electron chi connectivity index (χ3n) is 12.0. The fourth-order valence-corrected chi connectivity index (χ4v) is 8.77. The van der Waals surface area contributed by atoms with E-state index in [0.29, 0.717) is 12.8 Å². The van der Waals surface area contributed by atoms with Crippen molar-refractivity contribution in [3.05, 3.63) is 53.6 Å². The summed E-state index contributed by atoms with van der Waals surface area (Å²) in [4.78, 5) is 25.3. The van der Waals surface area contributed by atoms with Crippen molar-refractivity contribution in [2.45, 2.75) is 263 Å². The molecule has 0 spiro atoms. The molecule has 63 heavy (non-hydrogen) atoms. The van der Waals surface area contributed by atoms with Crippen LogP contribution in [0.1, 0.15) is 279 Å². The molecule has 0 atom stereocenters. The van der Waals surface area contributed by atoms with Crippen LogP contribution in [0.5, 0.6) is 0 Å². The first kappa shape index (κ1) is 61.5. The van der Waals surface area contributed by atoms with Gasteiger partial charge in [-0.05, 0) is 63.5 Å². The molecular weight excluding hydrogens is 816 g/mol. The van der Waals surface area contributed by atoms with E-state index in [1.165, 1.54) is 205 Å². The monoisotopic (exact) mass is 909 g/mol. The van der Waals surface area contributed by atoms with E-state index in [2.05, 4.69) is 38.2 Å². The molecule has 9 heteroatoms. The molecule has 0 bridgehead atoms. The first-order chi connectivity index (χ1) is 30.3. The first-order valence-corrected chi connectivity index (χ1v) is 27.5. The summed E-state index contributed by atoms with van der Waals surface area (Å²) in [7, 11) is -5.02. The second-order valence-corrected chi connectivity index (χ2v) is 19.2. The number of unbranched alkanes of at least 4 members (excludes halogenated alkanes) is 34. The molecule has 1 aromatic carbocycles. The molecule has 0 unspecified atom stereocenters. The number of carbonyl (C=O) groups excluding carboxylic acids is 2. The van der Waals surface area contributed by atoms with Gasteiger partial charge in [-0.3, -0.25) is 0 Å². The van der Waals surface area contributed by atoms with Gasteiger partial charge in [0.2, 0.25) is 0 Å². The molecule has 1 aromatic rings. The minimum atomic E-state index is -5.02. The third kappa shape index (κ3) is 37.3. The molecule has 1 rings (SSSR count). The van der Waals surface area contributed by atoms with Crippen LogP contribution in [0.3, 0.4) is 0 Å². The van der Waals surface area contributed by atoms with Crippen LogP contribution in [-0.4, -0.2) is 38.1 Å². The van der Waals surface area contributed by atoms with Gasteiger partial charge in [-0.1, -0.05) is 237 Å². The number of esters is 2. The summed E-state index contributed by atoms with van der Waals surface area (Å²) in [5.74, 6) is -1.80. The molecule has 0 heterocycles. The molecule has 0 aliphatic heterocycles. The average Bonchev–Trinajstić information content (AvgIpc) is 3.26. The molecule has 7 nitrogen and oxygen atoms in total. The van der Waals surface area contributed by atoms with Crippen LogP contribution in [0.15, 0.2) is 47.4 Å². The molecule has 0 N–H and O–H groups in total. The van der Waals surface area contributed by atoms with E-state index in [1.54, 1.807) is 0 Å². The second-order valence-electron chi connectivity index (χ2n) is 17.8. The predicted molar refractivity (Wildman–Crippen MR) is 260 cm³/mol. The standard InChI is InChI=1S/C54H94O7S.Na/c1-3-5-7-9-11-13-15-17-19-21-23-25-27-29-31-33-35-37-39-41-43-48-60-53(55)50-46-45-47-51(62(57,58)59)52(50)54(56)61-49-44-42-40-38-36-34-32-30-28-26-24-22-20-18-16-14-12-10-8-6-4-2;/h7-10,45-47H,3-6,11-44,48-49H2,1-2H3,(H,57,58,59);/q;+1/p-1/b9-7+,10-8+;. The van der Waals surface area contributed by atoms with Gasteiger partial charge in [-0.25, -0.2) is 18.0 Å². The second kappa shape index (κ2) is 45.7. The normalized spacial score (nSPS) is 11.7. The number of carbonyl (C=O) groups is 2. The Labute approximate surface area is 410 Å². The molecule has 0 aliphatic carbocycles. The van der Waals surface area contributed by atoms with Crippen LogP contribution in [0, 0.1) is 0 Å². The summed E-state index contributed by atoms with van der Waals surface area (Å²) in [5.41, 5.74) is -0.768. The topological polar surface area (TPSA) is 110 Å². The van der Waals surface area contributed by atoms with Crippen LogP contribution in [-0.2, 0) is 19.6 Å². The fraction of sp³-hybridized carbons (Fsp3) is 0.778. The van der Waals surface area contributed by atoms with Crippen molar-refractivity contribution in [1.82, 2.24) is 0 Å². The number of rotatable bonds is 45. The molecule has 0 saturated heterocycles. The maximum absolute atomic E-state index is 13.1. The summed E-state index contributed by atoms with van der Waals surface area (Å²) in [6.07, 6.45) is 56.2. The van der Waals surface area contributed by atoms with Gasteiger partial charge in [0.25, 0.3) is 0 Å². The molecule has 0 amide bonds. The molecule has 0 radical (unpaired) electrons. The maximum atomic E-state index is 13.1. The Morgan fingerprint density at radius 1 is 0.444 bits per heavy atom. The van der Waals surface area contributed by atoms with E-state index in [0.717, 1.165) is 44.6 Å². The first-order valence-electron chi connectivity index (χ1n) is 26.1. The summed E-state index contributed by atoms with van der Waals surface area (Å²) in [6.45, 7) is 4.71. The predicted octanol–water partition coefficient (Wildman–Crippen LogP) is 13.9. The average molecular weight is 909 g/mol. The van der Waals surface area contributed by atoms with Crippen molar-refractivity contribution >= 4 is 22.1 Å². The maximum Gasteiger partial charge on any atom is 1.00 e. The third-order valence-corrected chi connectivity index (χ3v) is 12.8. The van der Waals surface area contributed by atoms with Crippen LogP contribution >= 0.6 is 0 Å². The number of hydrogen-bond donors (Lipinski definition) is 0. The Morgan fingerprint density at radius 3 is 1.05 bits per heavy atom. The Kier molecular flexibility index (Phi) is 44.6. The zero-order valence-corrected chi connectivity index (χ0v) is 43.9. The van der Waals surface area contributed by atoms with Crippen molar-refractivity contribution in [2.75, 3.05) is 13.2 Å². The van der Waals surface area contributed by atoms with Gasteiger partial charge in [0, 0.05) is 0 Å². The molecule has 0 fully saturated rings. The van der Waals surface area contributed by atoms with E-state index < -0.39 is 32.5 Å². The summed E-state index contributed by atoms with van der Waals surface area (Å²) in [5, 5.41) is 0. The molecular formula is C54H93NaO7S. The summed E-state index contributed by atoms with van der Waals surface area (Å²) < 4.78 is 47.0. The number of allylic oxidation sites excluding steroid dienone is 4. The van der Waals surface area contributed by atoms with Gasteiger partial charge >= 0.3 is 41.5 Å². The van der Waals surface area contributed by atoms with Gasteiger partial charge in [0.1, 0.15) is 10.1 Å².